The summed E-state index contributed by atoms with van der Waals surface area (Å²) in [5.41, 5.74) is 2.18. The Bertz CT molecular complexity index is 615. The maximum absolute atomic E-state index is 11.4. The number of ether oxygens (including phenoxy) is 1. The summed E-state index contributed by atoms with van der Waals surface area (Å²) in [5, 5.41) is 13.5. The minimum Gasteiger partial charge on any atom is -0.494 e. The molecule has 5 heteroatoms. The molecule has 0 saturated heterocycles. The van der Waals surface area contributed by atoms with Crippen molar-refractivity contribution in [2.75, 3.05) is 6.61 Å². The number of carboxylic acids is 1. The summed E-state index contributed by atoms with van der Waals surface area (Å²) < 4.78 is 7.12. The molecule has 2 rings (SSSR count). The Hall–Kier alpha value is -2.30. The van der Waals surface area contributed by atoms with Crippen molar-refractivity contribution >= 4 is 5.97 Å². The Labute approximate surface area is 117 Å². The second kappa shape index (κ2) is 5.77. The molecule has 106 valence electrons. The second-order valence-corrected chi connectivity index (χ2v) is 4.61. The van der Waals surface area contributed by atoms with Crippen LogP contribution in [0.1, 0.15) is 29.4 Å². The zero-order valence-electron chi connectivity index (χ0n) is 11.9. The largest absolute Gasteiger partial charge is 0.494 e. The van der Waals surface area contributed by atoms with Gasteiger partial charge in [-0.05, 0) is 37.6 Å². The highest BCUT2D eigenvalue weighted by molar-refractivity contribution is 5.96. The standard InChI is InChI=1S/C15H18N2O3/c1-4-9-20-12-7-5-11(6-8-12)14-13(15(18)19)10(2)16-17(14)3/h5-8H,4,9H2,1-3H3,(H,18,19). The summed E-state index contributed by atoms with van der Waals surface area (Å²) in [6.07, 6.45) is 0.950. The second-order valence-electron chi connectivity index (χ2n) is 4.61. The monoisotopic (exact) mass is 274 g/mol. The molecular weight excluding hydrogens is 256 g/mol. The van der Waals surface area contributed by atoms with Crippen molar-refractivity contribution in [2.45, 2.75) is 20.3 Å². The molecule has 20 heavy (non-hydrogen) atoms. The minimum absolute atomic E-state index is 0.245. The van der Waals surface area contributed by atoms with Gasteiger partial charge in [0.15, 0.2) is 0 Å². The molecule has 0 spiro atoms. The van der Waals surface area contributed by atoms with Gasteiger partial charge in [0.05, 0.1) is 18.0 Å². The third-order valence-corrected chi connectivity index (χ3v) is 3.04. The number of hydrogen-bond donors (Lipinski definition) is 1. The van der Waals surface area contributed by atoms with E-state index in [4.69, 9.17) is 4.74 Å². The molecule has 1 aromatic heterocycles. The van der Waals surface area contributed by atoms with Crippen LogP contribution in [0.2, 0.25) is 0 Å². The molecule has 0 aliphatic carbocycles. The molecule has 1 aromatic carbocycles. The van der Waals surface area contributed by atoms with Gasteiger partial charge in [-0.2, -0.15) is 5.10 Å². The smallest absolute Gasteiger partial charge is 0.339 e. The van der Waals surface area contributed by atoms with E-state index >= 15 is 0 Å². The molecule has 1 N–H and O–H groups in total. The lowest BCUT2D eigenvalue weighted by Crippen LogP contribution is -2.01. The average Bonchev–Trinajstić information content (AvgIpc) is 2.72. The van der Waals surface area contributed by atoms with Gasteiger partial charge >= 0.3 is 5.97 Å². The fraction of sp³-hybridized carbons (Fsp3) is 0.333. The van der Waals surface area contributed by atoms with E-state index in [9.17, 15) is 9.90 Å². The molecule has 0 saturated carbocycles. The van der Waals surface area contributed by atoms with Gasteiger partial charge in [0.1, 0.15) is 11.3 Å². The van der Waals surface area contributed by atoms with Crippen LogP contribution >= 0.6 is 0 Å². The number of hydrogen-bond acceptors (Lipinski definition) is 3. The van der Waals surface area contributed by atoms with Crippen LogP contribution in [0, 0.1) is 6.92 Å². The van der Waals surface area contributed by atoms with E-state index in [1.54, 1.807) is 18.7 Å². The van der Waals surface area contributed by atoms with E-state index < -0.39 is 5.97 Å². The topological polar surface area (TPSA) is 64.3 Å². The zero-order valence-corrected chi connectivity index (χ0v) is 11.9. The first-order chi connectivity index (χ1) is 9.54. The van der Waals surface area contributed by atoms with E-state index in [2.05, 4.69) is 5.10 Å². The van der Waals surface area contributed by atoms with Gasteiger partial charge in [-0.25, -0.2) is 4.79 Å². The summed E-state index contributed by atoms with van der Waals surface area (Å²) in [4.78, 5) is 11.4. The molecule has 0 amide bonds. The highest BCUT2D eigenvalue weighted by atomic mass is 16.5. The summed E-state index contributed by atoms with van der Waals surface area (Å²) in [7, 11) is 1.75. The van der Waals surface area contributed by atoms with Gasteiger partial charge in [0.25, 0.3) is 0 Å². The van der Waals surface area contributed by atoms with Gasteiger partial charge < -0.3 is 9.84 Å². The van der Waals surface area contributed by atoms with Gasteiger partial charge in [0.2, 0.25) is 0 Å². The van der Waals surface area contributed by atoms with Crippen molar-refractivity contribution in [3.05, 3.63) is 35.5 Å². The minimum atomic E-state index is -0.961. The van der Waals surface area contributed by atoms with E-state index in [-0.39, 0.29) is 5.56 Å². The van der Waals surface area contributed by atoms with E-state index in [0.29, 0.717) is 18.0 Å². The summed E-state index contributed by atoms with van der Waals surface area (Å²) in [6.45, 7) is 4.42. The quantitative estimate of drug-likeness (QED) is 0.910. The van der Waals surface area contributed by atoms with Gasteiger partial charge in [0, 0.05) is 12.6 Å². The van der Waals surface area contributed by atoms with E-state index in [1.807, 2.05) is 31.2 Å². The van der Waals surface area contributed by atoms with Crippen LogP contribution < -0.4 is 4.74 Å². The lowest BCUT2D eigenvalue weighted by atomic mass is 10.1. The first kappa shape index (κ1) is 14.1. The fourth-order valence-electron chi connectivity index (χ4n) is 2.17. The molecule has 0 atom stereocenters. The number of aromatic carboxylic acids is 1. The molecular formula is C15H18N2O3. The van der Waals surface area contributed by atoms with Gasteiger partial charge in [-0.1, -0.05) is 6.92 Å². The van der Waals surface area contributed by atoms with E-state index in [1.165, 1.54) is 0 Å². The van der Waals surface area contributed by atoms with Crippen molar-refractivity contribution in [2.24, 2.45) is 7.05 Å². The Morgan fingerprint density at radius 2 is 2.00 bits per heavy atom. The Morgan fingerprint density at radius 1 is 1.35 bits per heavy atom. The third-order valence-electron chi connectivity index (χ3n) is 3.04. The predicted octanol–water partition coefficient (Wildman–Crippen LogP) is 2.88. The predicted molar refractivity (Wildman–Crippen MR) is 76.1 cm³/mol. The summed E-state index contributed by atoms with van der Waals surface area (Å²) in [5.74, 6) is -0.178. The number of carbonyl (C=O) groups is 1. The van der Waals surface area contributed by atoms with Crippen molar-refractivity contribution in [1.29, 1.82) is 0 Å². The van der Waals surface area contributed by atoms with Crippen molar-refractivity contribution in [3.8, 4) is 17.0 Å². The third kappa shape index (κ3) is 2.66. The molecule has 0 radical (unpaired) electrons. The number of aryl methyl sites for hydroxylation is 2. The summed E-state index contributed by atoms with van der Waals surface area (Å²) in [6, 6.07) is 7.40. The van der Waals surface area contributed by atoms with Crippen LogP contribution in [-0.2, 0) is 7.05 Å². The number of rotatable bonds is 5. The SMILES string of the molecule is CCCOc1ccc(-c2c(C(=O)O)c(C)nn2C)cc1. The number of nitrogens with zero attached hydrogens (tertiary/aromatic N) is 2. The number of carboxylic acid groups (broad SMARTS) is 1. The maximum Gasteiger partial charge on any atom is 0.339 e. The number of aromatic nitrogens is 2. The summed E-state index contributed by atoms with van der Waals surface area (Å²) >= 11 is 0. The highest BCUT2D eigenvalue weighted by Crippen LogP contribution is 2.27. The van der Waals surface area contributed by atoms with Crippen LogP contribution in [0.15, 0.2) is 24.3 Å². The van der Waals surface area contributed by atoms with Crippen LogP contribution in [0.5, 0.6) is 5.75 Å². The molecule has 0 aliphatic rings. The van der Waals surface area contributed by atoms with Crippen molar-refractivity contribution in [3.63, 3.8) is 0 Å². The molecule has 2 aromatic rings. The lowest BCUT2D eigenvalue weighted by Gasteiger charge is -2.07. The Kier molecular flexibility index (Phi) is 4.08. The van der Waals surface area contributed by atoms with Crippen LogP contribution in [-0.4, -0.2) is 27.5 Å². The van der Waals surface area contributed by atoms with Crippen molar-refractivity contribution in [1.82, 2.24) is 9.78 Å². The first-order valence-electron chi connectivity index (χ1n) is 6.54. The zero-order chi connectivity index (χ0) is 14.7. The van der Waals surface area contributed by atoms with Crippen LogP contribution in [0.25, 0.3) is 11.3 Å². The maximum atomic E-state index is 11.4. The Morgan fingerprint density at radius 3 is 2.55 bits per heavy atom. The molecule has 5 nitrogen and oxygen atoms in total. The lowest BCUT2D eigenvalue weighted by molar-refractivity contribution is 0.0697. The Balaban J connectivity index is 2.39. The first-order valence-corrected chi connectivity index (χ1v) is 6.54. The molecule has 0 unspecified atom stereocenters. The molecule has 1 heterocycles. The van der Waals surface area contributed by atoms with Crippen LogP contribution in [0.4, 0.5) is 0 Å². The van der Waals surface area contributed by atoms with E-state index in [0.717, 1.165) is 17.7 Å². The highest BCUT2D eigenvalue weighted by Gasteiger charge is 2.20. The fourth-order valence-corrected chi connectivity index (χ4v) is 2.17. The van der Waals surface area contributed by atoms with Gasteiger partial charge in [-0.3, -0.25) is 4.68 Å². The normalized spacial score (nSPS) is 10.6. The van der Waals surface area contributed by atoms with Crippen LogP contribution in [0.3, 0.4) is 0 Å². The van der Waals surface area contributed by atoms with Gasteiger partial charge in [-0.15, -0.1) is 0 Å². The molecule has 0 fully saturated rings. The average molecular weight is 274 g/mol. The molecule has 0 bridgehead atoms. The van der Waals surface area contributed by atoms with Crippen molar-refractivity contribution < 1.29 is 14.6 Å². The molecule has 0 aliphatic heterocycles. The number of benzene rings is 1.